The number of hydrogen-bond acceptors (Lipinski definition) is 3. The zero-order valence-corrected chi connectivity index (χ0v) is 12.4. The third-order valence-electron chi connectivity index (χ3n) is 3.58. The summed E-state index contributed by atoms with van der Waals surface area (Å²) in [5.74, 6) is 2.35. The maximum absolute atomic E-state index is 4.62. The zero-order valence-electron chi connectivity index (χ0n) is 11.6. The quantitative estimate of drug-likeness (QED) is 0.764. The number of unbranched alkanes of at least 4 members (excludes halogenated alkanes) is 1. The number of thioether (sulfide) groups is 1. The molecule has 0 aromatic carbocycles. The van der Waals surface area contributed by atoms with Crippen LogP contribution in [0, 0.1) is 6.92 Å². The number of imidazole rings is 1. The van der Waals surface area contributed by atoms with E-state index in [1.54, 1.807) is 0 Å². The first-order chi connectivity index (χ1) is 8.79. The largest absolute Gasteiger partial charge is 0.353 e. The van der Waals surface area contributed by atoms with Crippen LogP contribution in [-0.4, -0.2) is 27.6 Å². The molecule has 1 N–H and O–H groups in total. The van der Waals surface area contributed by atoms with Crippen molar-refractivity contribution in [3.8, 4) is 0 Å². The molecule has 1 heterocycles. The molecule has 18 heavy (non-hydrogen) atoms. The predicted molar refractivity (Wildman–Crippen MR) is 80.5 cm³/mol. The molecular weight excluding hydrogens is 242 g/mol. The normalized spacial score (nSPS) is 16.3. The molecule has 0 spiro atoms. The lowest BCUT2D eigenvalue weighted by molar-refractivity contribution is 0.628. The lowest BCUT2D eigenvalue weighted by Crippen LogP contribution is -2.18. The molecule has 1 aromatic heterocycles. The number of aryl methyl sites for hydroxylation is 2. The summed E-state index contributed by atoms with van der Waals surface area (Å²) < 4.78 is 2.30. The molecule has 0 bridgehead atoms. The molecule has 1 aliphatic rings. The third kappa shape index (κ3) is 3.94. The molecule has 4 heteroatoms. The minimum Gasteiger partial charge on any atom is -0.353 e. The highest BCUT2D eigenvalue weighted by molar-refractivity contribution is 7.98. The summed E-state index contributed by atoms with van der Waals surface area (Å²) in [6.45, 7) is 3.18. The van der Waals surface area contributed by atoms with E-state index in [-0.39, 0.29) is 0 Å². The Labute approximate surface area is 115 Å². The summed E-state index contributed by atoms with van der Waals surface area (Å²) >= 11 is 1.93. The van der Waals surface area contributed by atoms with E-state index in [9.17, 15) is 0 Å². The van der Waals surface area contributed by atoms with Crippen molar-refractivity contribution in [1.29, 1.82) is 0 Å². The molecule has 102 valence electrons. The number of rotatable bonds is 7. The molecule has 0 amide bonds. The Bertz CT molecular complexity index is 356. The summed E-state index contributed by atoms with van der Waals surface area (Å²) in [6, 6.07) is 0.650. The Morgan fingerprint density at radius 1 is 1.39 bits per heavy atom. The van der Waals surface area contributed by atoms with Crippen molar-refractivity contribution in [2.45, 2.75) is 58.0 Å². The van der Waals surface area contributed by atoms with Crippen LogP contribution in [0.1, 0.15) is 44.2 Å². The minimum atomic E-state index is 0.650. The molecule has 0 aliphatic heterocycles. The van der Waals surface area contributed by atoms with Gasteiger partial charge in [-0.05, 0) is 44.6 Å². The van der Waals surface area contributed by atoms with Crippen LogP contribution < -0.4 is 5.32 Å². The second-order valence-corrected chi connectivity index (χ2v) is 6.21. The van der Waals surface area contributed by atoms with Crippen LogP contribution in [0.25, 0.3) is 0 Å². The molecule has 0 radical (unpaired) electrons. The second-order valence-electron chi connectivity index (χ2n) is 5.22. The molecule has 0 atom stereocenters. The first-order valence-electron chi connectivity index (χ1n) is 7.09. The van der Waals surface area contributed by atoms with Crippen LogP contribution >= 0.6 is 11.8 Å². The fraction of sp³-hybridized carbons (Fsp3) is 0.786. The van der Waals surface area contributed by atoms with Crippen LogP contribution in [0.2, 0.25) is 0 Å². The van der Waals surface area contributed by atoms with Crippen molar-refractivity contribution in [1.82, 2.24) is 9.55 Å². The fourth-order valence-electron chi connectivity index (χ4n) is 2.61. The van der Waals surface area contributed by atoms with E-state index >= 15 is 0 Å². The van der Waals surface area contributed by atoms with Crippen molar-refractivity contribution in [3.05, 3.63) is 11.9 Å². The average molecular weight is 267 g/mol. The van der Waals surface area contributed by atoms with Gasteiger partial charge in [-0.25, -0.2) is 4.98 Å². The molecule has 0 saturated heterocycles. The van der Waals surface area contributed by atoms with Gasteiger partial charge >= 0.3 is 0 Å². The monoisotopic (exact) mass is 267 g/mol. The van der Waals surface area contributed by atoms with Gasteiger partial charge in [0.25, 0.3) is 0 Å². The van der Waals surface area contributed by atoms with Crippen molar-refractivity contribution in [2.75, 3.05) is 17.3 Å². The van der Waals surface area contributed by atoms with Gasteiger partial charge in [0.2, 0.25) is 5.95 Å². The van der Waals surface area contributed by atoms with Gasteiger partial charge in [0, 0.05) is 18.8 Å². The topological polar surface area (TPSA) is 29.9 Å². The SMILES string of the molecule is CSCCCCn1cc(C)nc1NC1CCCC1. The van der Waals surface area contributed by atoms with Gasteiger partial charge in [-0.15, -0.1) is 0 Å². The van der Waals surface area contributed by atoms with Gasteiger partial charge in [0.05, 0.1) is 5.69 Å². The number of nitrogens with zero attached hydrogens (tertiary/aromatic N) is 2. The molecule has 1 saturated carbocycles. The van der Waals surface area contributed by atoms with Gasteiger partial charge in [-0.2, -0.15) is 11.8 Å². The molecule has 1 aromatic rings. The van der Waals surface area contributed by atoms with Crippen molar-refractivity contribution in [3.63, 3.8) is 0 Å². The lowest BCUT2D eigenvalue weighted by atomic mass is 10.2. The van der Waals surface area contributed by atoms with Crippen LogP contribution in [0.15, 0.2) is 6.20 Å². The minimum absolute atomic E-state index is 0.650. The molecule has 1 fully saturated rings. The highest BCUT2D eigenvalue weighted by atomic mass is 32.2. The first kappa shape index (κ1) is 13.8. The van der Waals surface area contributed by atoms with Crippen LogP contribution in [0.5, 0.6) is 0 Å². The van der Waals surface area contributed by atoms with E-state index in [1.165, 1.54) is 44.3 Å². The van der Waals surface area contributed by atoms with Crippen LogP contribution in [0.4, 0.5) is 5.95 Å². The summed E-state index contributed by atoms with van der Waals surface area (Å²) in [7, 11) is 0. The number of anilines is 1. The molecule has 2 rings (SSSR count). The molecule has 3 nitrogen and oxygen atoms in total. The third-order valence-corrected chi connectivity index (χ3v) is 4.28. The van der Waals surface area contributed by atoms with Gasteiger partial charge < -0.3 is 9.88 Å². The Morgan fingerprint density at radius 3 is 2.89 bits per heavy atom. The van der Waals surface area contributed by atoms with Crippen molar-refractivity contribution < 1.29 is 0 Å². The van der Waals surface area contributed by atoms with Crippen molar-refractivity contribution >= 4 is 17.7 Å². The van der Waals surface area contributed by atoms with Crippen LogP contribution in [-0.2, 0) is 6.54 Å². The summed E-state index contributed by atoms with van der Waals surface area (Å²) in [4.78, 5) is 4.62. The maximum atomic E-state index is 4.62. The highest BCUT2D eigenvalue weighted by Gasteiger charge is 2.16. The van der Waals surface area contributed by atoms with Crippen molar-refractivity contribution in [2.24, 2.45) is 0 Å². The predicted octanol–water partition coefficient (Wildman–Crippen LogP) is 3.69. The molecule has 1 aliphatic carbocycles. The second kappa shape index (κ2) is 7.07. The Morgan fingerprint density at radius 2 is 2.17 bits per heavy atom. The number of aromatic nitrogens is 2. The summed E-state index contributed by atoms with van der Waals surface area (Å²) in [5, 5.41) is 3.62. The average Bonchev–Trinajstić information content (AvgIpc) is 2.96. The Balaban J connectivity index is 1.87. The van der Waals surface area contributed by atoms with E-state index in [1.807, 2.05) is 11.8 Å². The standard InChI is InChI=1S/C14H25N3S/c1-12-11-17(9-5-6-10-18-2)14(15-12)16-13-7-3-4-8-13/h11,13H,3-10H2,1-2H3,(H,15,16). The van der Waals surface area contributed by atoms with E-state index in [4.69, 9.17) is 0 Å². The van der Waals surface area contributed by atoms with E-state index in [0.29, 0.717) is 6.04 Å². The Hall–Kier alpha value is -0.640. The number of nitrogens with one attached hydrogen (secondary N) is 1. The number of hydrogen-bond donors (Lipinski definition) is 1. The summed E-state index contributed by atoms with van der Waals surface area (Å²) in [5.41, 5.74) is 1.13. The van der Waals surface area contributed by atoms with Gasteiger partial charge in [0.15, 0.2) is 0 Å². The van der Waals surface area contributed by atoms with E-state index < -0.39 is 0 Å². The first-order valence-corrected chi connectivity index (χ1v) is 8.48. The fourth-order valence-corrected chi connectivity index (χ4v) is 3.11. The smallest absolute Gasteiger partial charge is 0.203 e. The van der Waals surface area contributed by atoms with Crippen LogP contribution in [0.3, 0.4) is 0 Å². The molecular formula is C14H25N3S. The Kier molecular flexibility index (Phi) is 5.42. The van der Waals surface area contributed by atoms with E-state index in [0.717, 1.165) is 18.2 Å². The maximum Gasteiger partial charge on any atom is 0.203 e. The van der Waals surface area contributed by atoms with Gasteiger partial charge in [-0.1, -0.05) is 12.8 Å². The summed E-state index contributed by atoms with van der Waals surface area (Å²) in [6.07, 6.45) is 12.2. The van der Waals surface area contributed by atoms with E-state index in [2.05, 4.69) is 34.2 Å². The molecule has 0 unspecified atom stereocenters. The zero-order chi connectivity index (χ0) is 12.8. The van der Waals surface area contributed by atoms with Gasteiger partial charge in [0.1, 0.15) is 0 Å². The lowest BCUT2D eigenvalue weighted by Gasteiger charge is -2.14. The highest BCUT2D eigenvalue weighted by Crippen LogP contribution is 2.22. The van der Waals surface area contributed by atoms with Gasteiger partial charge in [-0.3, -0.25) is 0 Å².